The van der Waals surface area contributed by atoms with Gasteiger partial charge in [0, 0.05) is 48.7 Å². The van der Waals surface area contributed by atoms with Crippen LogP contribution in [0, 0.1) is 5.82 Å². The molecular weight excluding hydrogens is 400 g/mol. The standard InChI is InChI=1S/C21H18Cl2FN3O/c22-18-12-17(24)4-1-16(18)13-26-7-9-27(10-8-26)21(28)15-2-5-19-14(11-15)3-6-20(23)25-19/h1-6,11-12H,7-10,13H2. The number of nitrogens with zero attached hydrogens (tertiary/aromatic N) is 3. The van der Waals surface area contributed by atoms with E-state index in [0.717, 1.165) is 29.6 Å². The van der Waals surface area contributed by atoms with Crippen LogP contribution >= 0.6 is 23.2 Å². The third-order valence-corrected chi connectivity index (χ3v) is 5.53. The molecule has 2 aromatic carbocycles. The van der Waals surface area contributed by atoms with Gasteiger partial charge in [0.25, 0.3) is 5.91 Å². The number of hydrogen-bond acceptors (Lipinski definition) is 3. The van der Waals surface area contributed by atoms with E-state index in [9.17, 15) is 9.18 Å². The van der Waals surface area contributed by atoms with Gasteiger partial charge >= 0.3 is 0 Å². The van der Waals surface area contributed by atoms with E-state index in [1.807, 2.05) is 23.1 Å². The quantitative estimate of drug-likeness (QED) is 0.582. The summed E-state index contributed by atoms with van der Waals surface area (Å²) in [5, 5.41) is 1.76. The Morgan fingerprint density at radius 2 is 1.79 bits per heavy atom. The summed E-state index contributed by atoms with van der Waals surface area (Å²) in [5.41, 5.74) is 2.31. The van der Waals surface area contributed by atoms with Crippen LogP contribution in [0.3, 0.4) is 0 Å². The molecule has 0 radical (unpaired) electrons. The summed E-state index contributed by atoms with van der Waals surface area (Å²) >= 11 is 12.0. The van der Waals surface area contributed by atoms with Crippen molar-refractivity contribution in [2.75, 3.05) is 26.2 Å². The highest BCUT2D eigenvalue weighted by molar-refractivity contribution is 6.31. The van der Waals surface area contributed by atoms with E-state index in [2.05, 4.69) is 9.88 Å². The van der Waals surface area contributed by atoms with Crippen molar-refractivity contribution in [2.24, 2.45) is 0 Å². The molecule has 144 valence electrons. The minimum Gasteiger partial charge on any atom is -0.336 e. The van der Waals surface area contributed by atoms with Gasteiger partial charge in [-0.15, -0.1) is 0 Å². The number of aromatic nitrogens is 1. The molecule has 4 nitrogen and oxygen atoms in total. The largest absolute Gasteiger partial charge is 0.336 e. The topological polar surface area (TPSA) is 36.4 Å². The Morgan fingerprint density at radius 1 is 1.00 bits per heavy atom. The van der Waals surface area contributed by atoms with Gasteiger partial charge in [0.15, 0.2) is 0 Å². The van der Waals surface area contributed by atoms with Crippen molar-refractivity contribution < 1.29 is 9.18 Å². The molecule has 2 heterocycles. The van der Waals surface area contributed by atoms with Crippen LogP contribution in [0.2, 0.25) is 10.2 Å². The van der Waals surface area contributed by atoms with E-state index < -0.39 is 0 Å². The number of pyridine rings is 1. The molecule has 0 aliphatic carbocycles. The van der Waals surface area contributed by atoms with Gasteiger partial charge in [-0.25, -0.2) is 9.37 Å². The van der Waals surface area contributed by atoms with Gasteiger partial charge in [0.2, 0.25) is 0 Å². The van der Waals surface area contributed by atoms with Gasteiger partial charge in [0.1, 0.15) is 11.0 Å². The first kappa shape index (κ1) is 19.1. The average molecular weight is 418 g/mol. The number of amides is 1. The zero-order valence-corrected chi connectivity index (χ0v) is 16.5. The van der Waals surface area contributed by atoms with Gasteiger partial charge < -0.3 is 4.90 Å². The second-order valence-electron chi connectivity index (χ2n) is 6.85. The molecule has 0 spiro atoms. The van der Waals surface area contributed by atoms with E-state index in [-0.39, 0.29) is 11.7 Å². The predicted molar refractivity (Wildman–Crippen MR) is 109 cm³/mol. The minimum atomic E-state index is -0.336. The van der Waals surface area contributed by atoms with E-state index in [0.29, 0.717) is 35.4 Å². The molecule has 0 saturated carbocycles. The fourth-order valence-electron chi connectivity index (χ4n) is 3.42. The van der Waals surface area contributed by atoms with Crippen LogP contribution in [0.15, 0.2) is 48.5 Å². The lowest BCUT2D eigenvalue weighted by Crippen LogP contribution is -2.48. The van der Waals surface area contributed by atoms with Crippen LogP contribution in [0.4, 0.5) is 4.39 Å². The molecule has 1 aromatic heterocycles. The highest BCUT2D eigenvalue weighted by atomic mass is 35.5. The molecule has 1 saturated heterocycles. The zero-order valence-electron chi connectivity index (χ0n) is 15.0. The Bertz CT molecular complexity index is 1040. The molecule has 7 heteroatoms. The van der Waals surface area contributed by atoms with Crippen LogP contribution < -0.4 is 0 Å². The Hall–Kier alpha value is -2.21. The van der Waals surface area contributed by atoms with Gasteiger partial charge in [-0.2, -0.15) is 0 Å². The summed E-state index contributed by atoms with van der Waals surface area (Å²) in [6.07, 6.45) is 0. The molecule has 3 aromatic rings. The summed E-state index contributed by atoms with van der Waals surface area (Å²) in [4.78, 5) is 21.2. The summed E-state index contributed by atoms with van der Waals surface area (Å²) in [7, 11) is 0. The molecule has 4 rings (SSSR count). The molecule has 0 unspecified atom stereocenters. The van der Waals surface area contributed by atoms with Crippen LogP contribution in [0.1, 0.15) is 15.9 Å². The van der Waals surface area contributed by atoms with Gasteiger partial charge in [-0.05, 0) is 48.0 Å². The van der Waals surface area contributed by atoms with Crippen molar-refractivity contribution in [2.45, 2.75) is 6.54 Å². The van der Waals surface area contributed by atoms with Crippen LogP contribution in [0.25, 0.3) is 10.9 Å². The molecule has 0 N–H and O–H groups in total. The maximum Gasteiger partial charge on any atom is 0.253 e. The summed E-state index contributed by atoms with van der Waals surface area (Å²) in [5.74, 6) is -0.326. The first-order valence-electron chi connectivity index (χ1n) is 9.01. The number of fused-ring (bicyclic) bond motifs is 1. The summed E-state index contributed by atoms with van der Waals surface area (Å²) in [6, 6.07) is 13.5. The van der Waals surface area contributed by atoms with Gasteiger partial charge in [-0.3, -0.25) is 9.69 Å². The van der Waals surface area contributed by atoms with Gasteiger partial charge in [0.05, 0.1) is 5.52 Å². The first-order chi connectivity index (χ1) is 13.5. The normalized spacial score (nSPS) is 15.2. The number of carbonyl (C=O) groups is 1. The van der Waals surface area contributed by atoms with Crippen LogP contribution in [-0.4, -0.2) is 46.9 Å². The lowest BCUT2D eigenvalue weighted by molar-refractivity contribution is 0.0628. The molecular formula is C21H18Cl2FN3O. The molecule has 1 fully saturated rings. The SMILES string of the molecule is O=C(c1ccc2nc(Cl)ccc2c1)N1CCN(Cc2ccc(F)cc2Cl)CC1. The molecule has 0 bridgehead atoms. The third kappa shape index (κ3) is 4.12. The van der Waals surface area contributed by atoms with Crippen molar-refractivity contribution in [3.05, 3.63) is 75.7 Å². The number of halogens is 3. The molecule has 1 aliphatic heterocycles. The highest BCUT2D eigenvalue weighted by Gasteiger charge is 2.23. The minimum absolute atomic E-state index is 0.0105. The summed E-state index contributed by atoms with van der Waals surface area (Å²) in [6.45, 7) is 3.39. The van der Waals surface area contributed by atoms with Crippen LogP contribution in [0.5, 0.6) is 0 Å². The van der Waals surface area contributed by atoms with E-state index in [1.165, 1.54) is 12.1 Å². The lowest BCUT2D eigenvalue weighted by Gasteiger charge is -2.35. The van der Waals surface area contributed by atoms with Crippen LogP contribution in [-0.2, 0) is 6.54 Å². The maximum absolute atomic E-state index is 13.2. The number of benzene rings is 2. The maximum atomic E-state index is 13.2. The van der Waals surface area contributed by atoms with Crippen molar-refractivity contribution in [3.8, 4) is 0 Å². The number of piperazine rings is 1. The predicted octanol–water partition coefficient (Wildman–Crippen LogP) is 4.64. The second-order valence-corrected chi connectivity index (χ2v) is 7.64. The number of carbonyl (C=O) groups excluding carboxylic acids is 1. The third-order valence-electron chi connectivity index (χ3n) is 4.97. The Kier molecular flexibility index (Phi) is 5.49. The van der Waals surface area contributed by atoms with E-state index >= 15 is 0 Å². The lowest BCUT2D eigenvalue weighted by atomic mass is 10.1. The average Bonchev–Trinajstić information content (AvgIpc) is 2.70. The Labute approximate surface area is 172 Å². The Balaban J connectivity index is 1.40. The second kappa shape index (κ2) is 8.03. The molecule has 1 amide bonds. The molecule has 1 aliphatic rings. The smallest absolute Gasteiger partial charge is 0.253 e. The fraction of sp³-hybridized carbons (Fsp3) is 0.238. The molecule has 28 heavy (non-hydrogen) atoms. The fourth-order valence-corrected chi connectivity index (χ4v) is 3.80. The van der Waals surface area contributed by atoms with Crippen molar-refractivity contribution >= 4 is 40.0 Å². The van der Waals surface area contributed by atoms with E-state index in [1.54, 1.807) is 18.2 Å². The summed E-state index contributed by atoms with van der Waals surface area (Å²) < 4.78 is 13.2. The van der Waals surface area contributed by atoms with Gasteiger partial charge in [-0.1, -0.05) is 29.3 Å². The molecule has 0 atom stereocenters. The van der Waals surface area contributed by atoms with E-state index in [4.69, 9.17) is 23.2 Å². The highest BCUT2D eigenvalue weighted by Crippen LogP contribution is 2.21. The Morgan fingerprint density at radius 3 is 2.54 bits per heavy atom. The number of rotatable bonds is 3. The van der Waals surface area contributed by atoms with Crippen molar-refractivity contribution in [1.29, 1.82) is 0 Å². The zero-order chi connectivity index (χ0) is 19.7. The van der Waals surface area contributed by atoms with Crippen molar-refractivity contribution in [1.82, 2.24) is 14.8 Å². The van der Waals surface area contributed by atoms with Crippen molar-refractivity contribution in [3.63, 3.8) is 0 Å². The first-order valence-corrected chi connectivity index (χ1v) is 9.77. The monoisotopic (exact) mass is 417 g/mol. The number of hydrogen-bond donors (Lipinski definition) is 0.